The zero-order chi connectivity index (χ0) is 18.0. The Morgan fingerprint density at radius 2 is 1.88 bits per heavy atom. The molecular weight excluding hydrogens is 368 g/mol. The molecule has 1 amide bonds. The summed E-state index contributed by atoms with van der Waals surface area (Å²) < 4.78 is 32.6. The van der Waals surface area contributed by atoms with Crippen LogP contribution in [0.3, 0.4) is 0 Å². The van der Waals surface area contributed by atoms with Crippen molar-refractivity contribution in [3.63, 3.8) is 0 Å². The van der Waals surface area contributed by atoms with E-state index in [-0.39, 0.29) is 4.90 Å². The highest BCUT2D eigenvalue weighted by Gasteiger charge is 2.27. The van der Waals surface area contributed by atoms with Gasteiger partial charge in [0.05, 0.1) is 21.3 Å². The highest BCUT2D eigenvalue weighted by atomic mass is 32.2. The maximum atomic E-state index is 12.4. The summed E-state index contributed by atoms with van der Waals surface area (Å²) in [4.78, 5) is 12.7. The summed E-state index contributed by atoms with van der Waals surface area (Å²) in [7, 11) is -4.09. The van der Waals surface area contributed by atoms with Gasteiger partial charge in [-0.2, -0.15) is 4.72 Å². The molecule has 2 aromatic rings. The molecule has 1 aliphatic rings. The van der Waals surface area contributed by atoms with Crippen LogP contribution in [-0.2, 0) is 14.8 Å². The first kappa shape index (κ1) is 17.7. The Balaban J connectivity index is 1.88. The summed E-state index contributed by atoms with van der Waals surface area (Å²) in [6, 6.07) is 10.1. The second-order valence-corrected chi connectivity index (χ2v) is 7.89. The predicted molar refractivity (Wildman–Crippen MR) is 88.2 cm³/mol. The van der Waals surface area contributed by atoms with Crippen LogP contribution in [0.1, 0.15) is 0 Å². The zero-order valence-corrected chi connectivity index (χ0v) is 14.3. The summed E-state index contributed by atoms with van der Waals surface area (Å²) in [5.74, 6) is 0.152. The summed E-state index contributed by atoms with van der Waals surface area (Å²) >= 11 is 1.36. The first-order chi connectivity index (χ1) is 11.9. The van der Waals surface area contributed by atoms with Gasteiger partial charge in [0.25, 0.3) is 5.91 Å². The number of para-hydroxylation sites is 1. The van der Waals surface area contributed by atoms with E-state index in [0.29, 0.717) is 16.4 Å². The molecule has 2 aromatic carbocycles. The van der Waals surface area contributed by atoms with Crippen LogP contribution in [-0.4, -0.2) is 37.3 Å². The van der Waals surface area contributed by atoms with Crippen LogP contribution in [0, 0.1) is 0 Å². The largest absolute Gasteiger partial charge is 0.455 e. The van der Waals surface area contributed by atoms with Crippen molar-refractivity contribution in [2.24, 2.45) is 0 Å². The van der Waals surface area contributed by atoms with Crippen molar-refractivity contribution in [1.82, 2.24) is 10.2 Å². The van der Waals surface area contributed by atoms with Gasteiger partial charge < -0.3 is 9.84 Å². The monoisotopic (exact) mass is 382 g/mol. The molecule has 132 valence electrons. The lowest BCUT2D eigenvalue weighted by Crippen LogP contribution is -2.47. The molecule has 25 heavy (non-hydrogen) atoms. The van der Waals surface area contributed by atoms with Gasteiger partial charge in [-0.1, -0.05) is 23.9 Å². The molecule has 3 rings (SSSR count). The van der Waals surface area contributed by atoms with Gasteiger partial charge in [0.1, 0.15) is 17.5 Å². The summed E-state index contributed by atoms with van der Waals surface area (Å²) in [6.07, 6.45) is 0. The Bertz CT molecular complexity index is 916. The maximum absolute atomic E-state index is 12.4. The maximum Gasteiger partial charge on any atom is 0.263 e. The lowest BCUT2D eigenvalue weighted by molar-refractivity contribution is -0.131. The van der Waals surface area contributed by atoms with Crippen LogP contribution in [0.25, 0.3) is 0 Å². The molecular formula is C15H14N2O6S2. The van der Waals surface area contributed by atoms with E-state index < -0.39 is 28.6 Å². The van der Waals surface area contributed by atoms with E-state index in [1.807, 2.05) is 29.0 Å². The number of nitrogens with one attached hydrogen (secondary N) is 2. The third kappa shape index (κ3) is 3.62. The molecule has 1 atom stereocenters. The van der Waals surface area contributed by atoms with Gasteiger partial charge in [-0.25, -0.2) is 13.9 Å². The average Bonchev–Trinajstić information content (AvgIpc) is 2.63. The fourth-order valence-electron chi connectivity index (χ4n) is 2.18. The second-order valence-electron chi connectivity index (χ2n) is 5.09. The van der Waals surface area contributed by atoms with Crippen LogP contribution in [0.5, 0.6) is 11.5 Å². The number of ether oxygens (including phenoxy) is 1. The second kappa shape index (κ2) is 7.02. The molecule has 8 nitrogen and oxygen atoms in total. The molecule has 1 aliphatic heterocycles. The van der Waals surface area contributed by atoms with Gasteiger partial charge >= 0.3 is 0 Å². The number of carbonyl (C=O) groups is 1. The molecule has 10 heteroatoms. The van der Waals surface area contributed by atoms with Crippen LogP contribution >= 0.6 is 11.8 Å². The highest BCUT2D eigenvalue weighted by Crippen LogP contribution is 2.47. The molecule has 0 spiro atoms. The number of carbonyl (C=O) groups excluding carboxylic acids is 1. The first-order valence-electron chi connectivity index (χ1n) is 7.10. The minimum atomic E-state index is -4.09. The Hall–Kier alpha value is -2.11. The first-order valence-corrected chi connectivity index (χ1v) is 9.40. The molecule has 0 saturated carbocycles. The molecule has 0 radical (unpaired) electrons. The summed E-state index contributed by atoms with van der Waals surface area (Å²) in [5, 5.41) is 17.7. The molecule has 0 aromatic heterocycles. The van der Waals surface area contributed by atoms with Crippen molar-refractivity contribution in [3.05, 3.63) is 42.5 Å². The Labute approximate surface area is 147 Å². The molecule has 1 heterocycles. The van der Waals surface area contributed by atoms with E-state index >= 15 is 0 Å². The Morgan fingerprint density at radius 3 is 2.60 bits per heavy atom. The normalized spacial score (nSPS) is 14.0. The van der Waals surface area contributed by atoms with E-state index in [1.54, 1.807) is 0 Å². The van der Waals surface area contributed by atoms with E-state index in [2.05, 4.69) is 0 Å². The average molecular weight is 382 g/mol. The number of rotatable bonds is 5. The van der Waals surface area contributed by atoms with Crippen molar-refractivity contribution >= 4 is 27.7 Å². The van der Waals surface area contributed by atoms with Gasteiger partial charge in [0.15, 0.2) is 0 Å². The molecule has 1 unspecified atom stereocenters. The summed E-state index contributed by atoms with van der Waals surface area (Å²) in [5.41, 5.74) is 1.30. The van der Waals surface area contributed by atoms with Gasteiger partial charge in [-0.3, -0.25) is 10.0 Å². The number of aliphatic hydroxyl groups excluding tert-OH is 1. The van der Waals surface area contributed by atoms with Gasteiger partial charge in [0.2, 0.25) is 10.0 Å². The van der Waals surface area contributed by atoms with Crippen LogP contribution in [0.2, 0.25) is 0 Å². The smallest absolute Gasteiger partial charge is 0.263 e. The van der Waals surface area contributed by atoms with E-state index in [0.717, 1.165) is 4.90 Å². The number of hydroxylamine groups is 1. The third-order valence-electron chi connectivity index (χ3n) is 3.42. The number of amides is 1. The highest BCUT2D eigenvalue weighted by molar-refractivity contribution is 7.99. The minimum absolute atomic E-state index is 0.0917. The van der Waals surface area contributed by atoms with E-state index in [4.69, 9.17) is 15.1 Å². The molecule has 4 N–H and O–H groups in total. The number of sulfonamides is 1. The standard InChI is InChI=1S/C15H14N2O6S2/c18-8-10(15(19)16-20)17-25(21,22)9-5-6-12-14(7-9)24-13-4-2-1-3-11(13)23-12/h1-7,10,17-18,20H,8H2,(H,16,19). The SMILES string of the molecule is O=C(NO)C(CO)NS(=O)(=O)c1ccc2c(c1)Sc1ccccc1O2. The van der Waals surface area contributed by atoms with E-state index in [1.165, 1.54) is 35.4 Å². The van der Waals surface area contributed by atoms with E-state index in [9.17, 15) is 13.2 Å². The zero-order valence-electron chi connectivity index (χ0n) is 12.7. The molecule has 0 aliphatic carbocycles. The molecule has 0 saturated heterocycles. The number of aliphatic hydroxyl groups is 1. The number of fused-ring (bicyclic) bond motifs is 2. The third-order valence-corrected chi connectivity index (χ3v) is 5.99. The lowest BCUT2D eigenvalue weighted by Gasteiger charge is -2.20. The van der Waals surface area contributed by atoms with Crippen molar-refractivity contribution in [2.75, 3.05) is 6.61 Å². The van der Waals surface area contributed by atoms with Crippen molar-refractivity contribution in [3.8, 4) is 11.5 Å². The van der Waals surface area contributed by atoms with Crippen molar-refractivity contribution in [1.29, 1.82) is 0 Å². The quantitative estimate of drug-likeness (QED) is 0.384. The fraction of sp³-hybridized carbons (Fsp3) is 0.133. The topological polar surface area (TPSA) is 125 Å². The van der Waals surface area contributed by atoms with Gasteiger partial charge in [-0.05, 0) is 30.3 Å². The van der Waals surface area contributed by atoms with Crippen molar-refractivity contribution in [2.45, 2.75) is 20.7 Å². The predicted octanol–water partition coefficient (Wildman–Crippen LogP) is 1.09. The molecule has 0 fully saturated rings. The van der Waals surface area contributed by atoms with Crippen LogP contribution in [0.4, 0.5) is 0 Å². The Morgan fingerprint density at radius 1 is 1.16 bits per heavy atom. The summed E-state index contributed by atoms with van der Waals surface area (Å²) in [6.45, 7) is -0.804. The number of benzene rings is 2. The Kier molecular flexibility index (Phi) is 4.97. The van der Waals surface area contributed by atoms with Gasteiger partial charge in [-0.15, -0.1) is 0 Å². The number of hydrogen-bond acceptors (Lipinski definition) is 7. The van der Waals surface area contributed by atoms with Crippen molar-refractivity contribution < 1.29 is 28.3 Å². The van der Waals surface area contributed by atoms with Crippen LogP contribution in [0.15, 0.2) is 57.2 Å². The van der Waals surface area contributed by atoms with Gasteiger partial charge in [0, 0.05) is 0 Å². The molecule has 0 bridgehead atoms. The minimum Gasteiger partial charge on any atom is -0.455 e. The number of hydrogen-bond donors (Lipinski definition) is 4. The fourth-order valence-corrected chi connectivity index (χ4v) is 4.46. The van der Waals surface area contributed by atoms with Crippen LogP contribution < -0.4 is 14.9 Å². The lowest BCUT2D eigenvalue weighted by atomic mass is 10.3.